The number of phenolic OH excluding ortho intramolecular Hbond substituents is 1. The van der Waals surface area contributed by atoms with Gasteiger partial charge in [-0.2, -0.15) is 0 Å². The number of benzene rings is 1. The molecule has 0 aliphatic carbocycles. The van der Waals surface area contributed by atoms with Crippen molar-refractivity contribution >= 4 is 59.4 Å². The molecule has 0 unspecified atom stereocenters. The lowest BCUT2D eigenvalue weighted by molar-refractivity contribution is -0.153. The Morgan fingerprint density at radius 3 is 1.76 bits per heavy atom. The quantitative estimate of drug-likeness (QED) is 0.0204. The van der Waals surface area contributed by atoms with Gasteiger partial charge in [0.15, 0.2) is 5.96 Å². The summed E-state index contributed by atoms with van der Waals surface area (Å²) < 4.78 is 21.6. The van der Waals surface area contributed by atoms with Gasteiger partial charge in [-0.3, -0.25) is 38.6 Å². The van der Waals surface area contributed by atoms with E-state index >= 15 is 0 Å². The van der Waals surface area contributed by atoms with E-state index in [2.05, 4.69) is 36.9 Å². The number of guanidine groups is 1. The molecule has 27 heteroatoms. The Bertz CT molecular complexity index is 1980. The number of carbonyl (C=O) groups excluding carboxylic acids is 7. The fraction of sp³-hybridized carbons (Fsp3) is 0.667. The van der Waals surface area contributed by atoms with Gasteiger partial charge in [-0.1, -0.05) is 26.0 Å². The molecular weight excluding hydrogens is 987 g/mol. The highest BCUT2D eigenvalue weighted by molar-refractivity contribution is 5.96. The minimum absolute atomic E-state index is 0.0288. The first kappa shape index (κ1) is 66.2. The summed E-state index contributed by atoms with van der Waals surface area (Å²) >= 11 is 0. The van der Waals surface area contributed by atoms with Gasteiger partial charge >= 0.3 is 18.0 Å². The Labute approximate surface area is 437 Å². The Morgan fingerprint density at radius 1 is 0.693 bits per heavy atom. The number of rotatable bonds is 39. The van der Waals surface area contributed by atoms with Crippen LogP contribution in [0.1, 0.15) is 91.5 Å². The molecule has 0 aliphatic heterocycles. The van der Waals surface area contributed by atoms with Crippen LogP contribution in [0.4, 0.5) is 4.79 Å². The number of nitrogens with zero attached hydrogens (tertiary/aromatic N) is 2. The predicted octanol–water partition coefficient (Wildman–Crippen LogP) is -1.43. The molecule has 1 aromatic carbocycles. The van der Waals surface area contributed by atoms with Gasteiger partial charge < -0.3 is 88.3 Å². The van der Waals surface area contributed by atoms with Crippen molar-refractivity contribution in [2.75, 3.05) is 78.9 Å². The number of aliphatic carboxylic acids is 2. The van der Waals surface area contributed by atoms with Gasteiger partial charge in [-0.15, -0.1) is 0 Å². The number of alkyl carbamates (subject to hydrolysis) is 1. The molecule has 0 aromatic heterocycles. The van der Waals surface area contributed by atoms with Crippen LogP contribution in [0, 0.1) is 5.92 Å². The Balaban J connectivity index is 2.74. The highest BCUT2D eigenvalue weighted by Gasteiger charge is 2.37. The standard InChI is InChI=1S/C48H81N11O16/c1-31(2)41(45(69)70)59(21-7-18-52-37(61)15-16-38(62)53-19-8-22-72-24-26-74-27-25-73-23-9-20-55-47(71)75-48(3,4)5)44(68)36(28-32-11-13-33(60)14-12-32)58-43(67)35(29-40(64)65)57-39(63)30-56-42(66)34(49)10-6-17-54-46(50)51/h11-14,31,34-36,41,60H,6-10,15-30,49H2,1-5H3,(H,52,61)(H,53,62)(H,55,71)(H,56,66)(H,57,63)(H,58,67)(H,64,65)(H,69,70)(H4,50,51,54)/t34-,35-,36+,41-/m0/s1. The topological polar surface area (TPSA) is 417 Å². The summed E-state index contributed by atoms with van der Waals surface area (Å²) in [6.07, 6.45) is -0.270. The summed E-state index contributed by atoms with van der Waals surface area (Å²) in [6, 6.07) is -0.236. The number of aliphatic imine (C=N–C) groups is 1. The van der Waals surface area contributed by atoms with Crippen molar-refractivity contribution in [3.8, 4) is 5.75 Å². The number of carboxylic acids is 2. The smallest absolute Gasteiger partial charge is 0.407 e. The Kier molecular flexibility index (Phi) is 32.6. The lowest BCUT2D eigenvalue weighted by atomic mass is 9.98. The van der Waals surface area contributed by atoms with Crippen LogP contribution >= 0.6 is 0 Å². The van der Waals surface area contributed by atoms with E-state index in [4.69, 9.17) is 36.1 Å². The van der Waals surface area contributed by atoms with Crippen LogP contribution in [0.5, 0.6) is 5.75 Å². The minimum atomic E-state index is -1.77. The number of hydrogen-bond donors (Lipinski definition) is 12. The van der Waals surface area contributed by atoms with Gasteiger partial charge in [-0.05, 0) is 76.5 Å². The van der Waals surface area contributed by atoms with E-state index in [1.54, 1.807) is 34.6 Å². The predicted molar refractivity (Wildman–Crippen MR) is 273 cm³/mol. The number of ether oxygens (including phenoxy) is 4. The highest BCUT2D eigenvalue weighted by Crippen LogP contribution is 2.18. The van der Waals surface area contributed by atoms with Gasteiger partial charge in [-0.25, -0.2) is 9.59 Å². The molecule has 0 bridgehead atoms. The third-order valence-electron chi connectivity index (χ3n) is 10.4. The third-order valence-corrected chi connectivity index (χ3v) is 10.4. The average molecular weight is 1070 g/mol. The second-order valence-corrected chi connectivity index (χ2v) is 18.5. The summed E-state index contributed by atoms with van der Waals surface area (Å²) in [6.45, 7) is 10.8. The fourth-order valence-corrected chi connectivity index (χ4v) is 6.79. The first-order chi connectivity index (χ1) is 35.4. The zero-order valence-electron chi connectivity index (χ0n) is 43.8. The van der Waals surface area contributed by atoms with E-state index in [0.29, 0.717) is 77.6 Å². The molecular formula is C48H81N11O16. The number of hydrogen-bond acceptors (Lipinski definition) is 16. The van der Waals surface area contributed by atoms with E-state index in [1.807, 2.05) is 0 Å². The molecule has 4 atom stereocenters. The van der Waals surface area contributed by atoms with Crippen molar-refractivity contribution in [2.24, 2.45) is 28.1 Å². The molecule has 0 fully saturated rings. The lowest BCUT2D eigenvalue weighted by Crippen LogP contribution is -2.59. The number of nitrogens with two attached hydrogens (primary N) is 3. The first-order valence-corrected chi connectivity index (χ1v) is 24.8. The second kappa shape index (κ2) is 37.0. The van der Waals surface area contributed by atoms with Crippen LogP contribution in [0.2, 0.25) is 0 Å². The molecule has 0 saturated heterocycles. The molecule has 0 radical (unpaired) electrons. The van der Waals surface area contributed by atoms with Crippen LogP contribution in [-0.2, 0) is 63.7 Å². The van der Waals surface area contributed by atoms with Crippen molar-refractivity contribution in [1.82, 2.24) is 36.8 Å². The highest BCUT2D eigenvalue weighted by atomic mass is 16.6. The maximum Gasteiger partial charge on any atom is 0.407 e. The van der Waals surface area contributed by atoms with E-state index in [0.717, 1.165) is 4.90 Å². The number of aromatic hydroxyl groups is 1. The van der Waals surface area contributed by atoms with Crippen LogP contribution in [0.3, 0.4) is 0 Å². The zero-order chi connectivity index (χ0) is 56.3. The van der Waals surface area contributed by atoms with Gasteiger partial charge in [0.1, 0.15) is 29.5 Å². The first-order valence-electron chi connectivity index (χ1n) is 24.8. The molecule has 75 heavy (non-hydrogen) atoms. The summed E-state index contributed by atoms with van der Waals surface area (Å²) in [5.74, 6) is -8.30. The fourth-order valence-electron chi connectivity index (χ4n) is 6.79. The summed E-state index contributed by atoms with van der Waals surface area (Å²) in [4.78, 5) is 120. The van der Waals surface area contributed by atoms with E-state index < -0.39 is 96.2 Å². The van der Waals surface area contributed by atoms with Gasteiger partial charge in [0.25, 0.3) is 0 Å². The van der Waals surface area contributed by atoms with Crippen molar-refractivity contribution in [1.29, 1.82) is 0 Å². The summed E-state index contributed by atoms with van der Waals surface area (Å²) in [5, 5.41) is 44.9. The maximum atomic E-state index is 14.5. The Hall–Kier alpha value is -6.84. The number of carbonyl (C=O) groups is 9. The largest absolute Gasteiger partial charge is 0.508 e. The second-order valence-electron chi connectivity index (χ2n) is 18.5. The van der Waals surface area contributed by atoms with Crippen LogP contribution in [0.15, 0.2) is 29.3 Å². The van der Waals surface area contributed by atoms with Gasteiger partial charge in [0, 0.05) is 65.2 Å². The van der Waals surface area contributed by atoms with Gasteiger partial charge in [0.05, 0.1) is 45.4 Å². The molecule has 0 aliphatic rings. The monoisotopic (exact) mass is 1070 g/mol. The van der Waals surface area contributed by atoms with E-state index in [-0.39, 0.29) is 69.4 Å². The van der Waals surface area contributed by atoms with E-state index in [1.165, 1.54) is 24.3 Å². The van der Waals surface area contributed by atoms with Crippen molar-refractivity contribution in [3.05, 3.63) is 29.8 Å². The number of amides is 7. The van der Waals surface area contributed by atoms with E-state index in [9.17, 15) is 58.5 Å². The zero-order valence-corrected chi connectivity index (χ0v) is 43.8. The summed E-state index contributed by atoms with van der Waals surface area (Å²) in [5.41, 5.74) is 16.3. The molecule has 15 N–H and O–H groups in total. The van der Waals surface area contributed by atoms with Crippen molar-refractivity contribution in [3.63, 3.8) is 0 Å². The number of nitrogens with one attached hydrogen (secondary N) is 6. The van der Waals surface area contributed by atoms with Crippen LogP contribution in [-0.4, -0.2) is 188 Å². The molecule has 0 saturated carbocycles. The van der Waals surface area contributed by atoms with Crippen molar-refractivity contribution in [2.45, 2.75) is 122 Å². The average Bonchev–Trinajstić information content (AvgIpc) is 3.32. The molecule has 0 spiro atoms. The third kappa shape index (κ3) is 32.2. The summed E-state index contributed by atoms with van der Waals surface area (Å²) in [7, 11) is 0. The normalized spacial score (nSPS) is 12.7. The minimum Gasteiger partial charge on any atom is -0.508 e. The molecule has 424 valence electrons. The lowest BCUT2D eigenvalue weighted by Gasteiger charge is -2.35. The number of phenols is 1. The van der Waals surface area contributed by atoms with Crippen molar-refractivity contribution < 1.29 is 77.4 Å². The maximum absolute atomic E-state index is 14.5. The molecule has 7 amide bonds. The molecule has 1 rings (SSSR count). The molecule has 27 nitrogen and oxygen atoms in total. The Morgan fingerprint density at radius 2 is 1.24 bits per heavy atom. The number of carboxylic acid groups (broad SMARTS) is 2. The van der Waals surface area contributed by atoms with Gasteiger partial charge in [0.2, 0.25) is 35.4 Å². The van der Waals surface area contributed by atoms with Crippen LogP contribution < -0.4 is 49.1 Å². The SMILES string of the molecule is CC(C)[C@@H](C(=O)O)N(CCCNC(=O)CCC(=O)NCCCOCCOCCOCCCNC(=O)OC(C)(C)C)C(=O)[C@@H](Cc1ccc(O)cc1)NC(=O)[C@H](CC(=O)O)NC(=O)CNC(=O)[C@@H](N)CCCN=C(N)N. The molecule has 0 heterocycles. The van der Waals surface area contributed by atoms with Crippen LogP contribution in [0.25, 0.3) is 0 Å². The molecule has 1 aromatic rings.